The van der Waals surface area contributed by atoms with E-state index >= 15 is 0 Å². The minimum absolute atomic E-state index is 0.243. The number of benzene rings is 3. The third-order valence-corrected chi connectivity index (χ3v) is 8.11. The second-order valence-electron chi connectivity index (χ2n) is 9.17. The van der Waals surface area contributed by atoms with Gasteiger partial charge in [-0.15, -0.1) is 0 Å². The number of likely N-dealkylation sites (tertiary alicyclic amines) is 1. The van der Waals surface area contributed by atoms with E-state index in [1.807, 2.05) is 24.3 Å². The maximum absolute atomic E-state index is 13.3. The lowest BCUT2D eigenvalue weighted by Crippen LogP contribution is -2.41. The van der Waals surface area contributed by atoms with Crippen molar-refractivity contribution in [2.75, 3.05) is 24.5 Å². The number of nitrogens with one attached hydrogen (secondary N) is 1. The van der Waals surface area contributed by atoms with E-state index in [1.165, 1.54) is 5.56 Å². The maximum atomic E-state index is 13.3. The fourth-order valence-electron chi connectivity index (χ4n) is 5.30. The number of urea groups is 1. The molecular formula is C28H28Cl3N3O. The van der Waals surface area contributed by atoms with Crippen molar-refractivity contribution in [1.82, 2.24) is 10.2 Å². The van der Waals surface area contributed by atoms with Crippen molar-refractivity contribution in [3.63, 3.8) is 0 Å². The van der Waals surface area contributed by atoms with Gasteiger partial charge in [-0.2, -0.15) is 0 Å². The van der Waals surface area contributed by atoms with Gasteiger partial charge in [-0.05, 0) is 80.2 Å². The Balaban J connectivity index is 1.71. The minimum Gasteiger partial charge on any atom is -0.333 e. The van der Waals surface area contributed by atoms with E-state index < -0.39 is 0 Å². The highest BCUT2D eigenvalue weighted by molar-refractivity contribution is 6.40. The Kier molecular flexibility index (Phi) is 7.26. The molecule has 2 aliphatic heterocycles. The summed E-state index contributed by atoms with van der Waals surface area (Å²) in [6, 6.07) is 17.4. The number of anilines is 2. The van der Waals surface area contributed by atoms with Crippen molar-refractivity contribution < 1.29 is 4.79 Å². The average Bonchev–Trinajstić information content (AvgIpc) is 3.11. The molecular weight excluding hydrogens is 501 g/mol. The van der Waals surface area contributed by atoms with E-state index in [4.69, 9.17) is 34.8 Å². The molecule has 0 aliphatic carbocycles. The Hall–Kier alpha value is -2.24. The van der Waals surface area contributed by atoms with Gasteiger partial charge in [0.25, 0.3) is 0 Å². The van der Waals surface area contributed by atoms with E-state index in [2.05, 4.69) is 29.3 Å². The van der Waals surface area contributed by atoms with Gasteiger partial charge in [0.2, 0.25) is 0 Å². The van der Waals surface area contributed by atoms with E-state index in [0.717, 1.165) is 61.3 Å². The molecule has 1 N–H and O–H groups in total. The van der Waals surface area contributed by atoms with Crippen LogP contribution >= 0.6 is 34.8 Å². The summed E-state index contributed by atoms with van der Waals surface area (Å²) in [4.78, 5) is 17.4. The number of amides is 2. The molecule has 1 fully saturated rings. The summed E-state index contributed by atoms with van der Waals surface area (Å²) in [5, 5.41) is 4.56. The number of para-hydroxylation sites is 1. The molecule has 3 aromatic carbocycles. The van der Waals surface area contributed by atoms with Crippen molar-refractivity contribution in [3.8, 4) is 11.1 Å². The zero-order valence-electron chi connectivity index (χ0n) is 19.7. The lowest BCUT2D eigenvalue weighted by atomic mass is 9.86. The molecule has 1 saturated heterocycles. The number of hydrogen-bond donors (Lipinski definition) is 1. The molecule has 2 aliphatic rings. The molecule has 182 valence electrons. The van der Waals surface area contributed by atoms with Gasteiger partial charge >= 0.3 is 6.03 Å². The van der Waals surface area contributed by atoms with Crippen LogP contribution < -0.4 is 10.2 Å². The van der Waals surface area contributed by atoms with Gasteiger partial charge < -0.3 is 10.2 Å². The van der Waals surface area contributed by atoms with Crippen LogP contribution in [0.1, 0.15) is 43.2 Å². The number of nitrogens with zero attached hydrogens (tertiary/aromatic N) is 2. The molecule has 7 heteroatoms. The summed E-state index contributed by atoms with van der Waals surface area (Å²) >= 11 is 19.9. The number of hydrogen-bond acceptors (Lipinski definition) is 2. The monoisotopic (exact) mass is 527 g/mol. The van der Waals surface area contributed by atoms with Gasteiger partial charge in [0, 0.05) is 22.7 Å². The Labute approximate surface area is 221 Å². The highest BCUT2D eigenvalue weighted by Crippen LogP contribution is 2.46. The fraction of sp³-hybridized carbons (Fsp3) is 0.321. The van der Waals surface area contributed by atoms with Gasteiger partial charge in [0.1, 0.15) is 0 Å². The summed E-state index contributed by atoms with van der Waals surface area (Å²) in [5.74, 6) is 0.395. The summed E-state index contributed by atoms with van der Waals surface area (Å²) in [6.45, 7) is 5.89. The Bertz CT molecular complexity index is 1240. The lowest BCUT2D eigenvalue weighted by Gasteiger charge is -2.34. The van der Waals surface area contributed by atoms with Gasteiger partial charge in [0.15, 0.2) is 0 Å². The third-order valence-electron chi connectivity index (χ3n) is 7.17. The Morgan fingerprint density at radius 1 is 0.914 bits per heavy atom. The summed E-state index contributed by atoms with van der Waals surface area (Å²) in [6.07, 6.45) is 3.33. The number of halogens is 3. The van der Waals surface area contributed by atoms with Crippen molar-refractivity contribution in [3.05, 3.63) is 80.8 Å². The minimum atomic E-state index is -0.243. The summed E-state index contributed by atoms with van der Waals surface area (Å²) in [7, 11) is 0. The van der Waals surface area contributed by atoms with Gasteiger partial charge in [-0.3, -0.25) is 4.90 Å². The van der Waals surface area contributed by atoms with Crippen LogP contribution in [0.25, 0.3) is 11.1 Å². The zero-order chi connectivity index (χ0) is 24.5. The number of carbonyl (C=O) groups excluding carboxylic acids is 1. The standard InChI is InChI=1S/C28H28Cl3N3O/c1-2-33-13-6-7-18(12-14-33)19-15-21(20-8-3-4-9-23(20)29)22-17-32-28(35)34(26(22)16-19)27-24(30)10-5-11-25(27)31/h3-5,8-11,15-16,18H,2,6-7,12-14,17H2,1H3,(H,32,35). The van der Waals surface area contributed by atoms with Crippen LogP contribution in [0.15, 0.2) is 54.6 Å². The van der Waals surface area contributed by atoms with Crippen molar-refractivity contribution in [2.24, 2.45) is 0 Å². The van der Waals surface area contributed by atoms with Crippen LogP contribution in [0, 0.1) is 0 Å². The largest absolute Gasteiger partial charge is 0.333 e. The van der Waals surface area contributed by atoms with E-state index in [-0.39, 0.29) is 6.03 Å². The molecule has 1 atom stereocenters. The molecule has 4 nitrogen and oxygen atoms in total. The first-order chi connectivity index (χ1) is 17.0. The van der Waals surface area contributed by atoms with Gasteiger partial charge in [-0.25, -0.2) is 4.79 Å². The molecule has 35 heavy (non-hydrogen) atoms. The molecule has 3 aromatic rings. The summed E-state index contributed by atoms with van der Waals surface area (Å²) in [5.41, 5.74) is 5.52. The fourth-order valence-corrected chi connectivity index (χ4v) is 6.11. The molecule has 0 bridgehead atoms. The van der Waals surface area contributed by atoms with Crippen LogP contribution in [-0.2, 0) is 6.54 Å². The van der Waals surface area contributed by atoms with Gasteiger partial charge in [0.05, 0.1) is 21.4 Å². The first-order valence-corrected chi connectivity index (χ1v) is 13.3. The average molecular weight is 529 g/mol. The van der Waals surface area contributed by atoms with Crippen LogP contribution in [-0.4, -0.2) is 30.6 Å². The SMILES string of the molecule is CCN1CCCC(c2cc(-c3ccccc3Cl)c3c(c2)N(c2c(Cl)cccc2Cl)C(=O)NC3)CC1. The Morgan fingerprint density at radius 2 is 1.66 bits per heavy atom. The van der Waals surface area contributed by atoms with Crippen molar-refractivity contribution in [1.29, 1.82) is 0 Å². The van der Waals surface area contributed by atoms with E-state index in [0.29, 0.717) is 33.2 Å². The maximum Gasteiger partial charge on any atom is 0.326 e. The number of rotatable bonds is 4. The third kappa shape index (κ3) is 4.77. The zero-order valence-corrected chi connectivity index (χ0v) is 21.9. The predicted molar refractivity (Wildman–Crippen MR) is 146 cm³/mol. The normalized spacial score (nSPS) is 18.7. The highest BCUT2D eigenvalue weighted by atomic mass is 35.5. The lowest BCUT2D eigenvalue weighted by molar-refractivity contribution is 0.247. The first-order valence-electron chi connectivity index (χ1n) is 12.1. The molecule has 0 spiro atoms. The predicted octanol–water partition coefficient (Wildman–Crippen LogP) is 8.26. The van der Waals surface area contributed by atoms with Crippen LogP contribution in [0.4, 0.5) is 16.2 Å². The van der Waals surface area contributed by atoms with E-state index in [9.17, 15) is 4.79 Å². The molecule has 0 saturated carbocycles. The Morgan fingerprint density at radius 3 is 2.40 bits per heavy atom. The smallest absolute Gasteiger partial charge is 0.326 e. The second kappa shape index (κ2) is 10.4. The highest BCUT2D eigenvalue weighted by Gasteiger charge is 2.32. The van der Waals surface area contributed by atoms with E-state index in [1.54, 1.807) is 23.1 Å². The van der Waals surface area contributed by atoms with Gasteiger partial charge in [-0.1, -0.05) is 72.1 Å². The summed E-state index contributed by atoms with van der Waals surface area (Å²) < 4.78 is 0. The van der Waals surface area contributed by atoms with Crippen molar-refractivity contribution >= 4 is 52.2 Å². The first kappa shape index (κ1) is 24.5. The molecule has 0 radical (unpaired) electrons. The molecule has 2 heterocycles. The molecule has 1 unspecified atom stereocenters. The number of carbonyl (C=O) groups is 1. The van der Waals surface area contributed by atoms with Crippen LogP contribution in [0.3, 0.4) is 0 Å². The topological polar surface area (TPSA) is 35.6 Å². The molecule has 5 rings (SSSR count). The van der Waals surface area contributed by atoms with Crippen LogP contribution in [0.2, 0.25) is 15.1 Å². The van der Waals surface area contributed by atoms with Crippen LogP contribution in [0.5, 0.6) is 0 Å². The number of fused-ring (bicyclic) bond motifs is 1. The quantitative estimate of drug-likeness (QED) is 0.370. The second-order valence-corrected chi connectivity index (χ2v) is 10.4. The molecule has 0 aromatic heterocycles. The molecule has 2 amide bonds. The van der Waals surface area contributed by atoms with Crippen molar-refractivity contribution in [2.45, 2.75) is 38.6 Å².